The molecule has 1 aliphatic carbocycles. The molecule has 1 N–H and O–H groups in total. The minimum absolute atomic E-state index is 0.618. The summed E-state index contributed by atoms with van der Waals surface area (Å²) in [7, 11) is 4.19. The first-order valence-corrected chi connectivity index (χ1v) is 7.02. The summed E-state index contributed by atoms with van der Waals surface area (Å²) in [6.45, 7) is 1.05. The lowest BCUT2D eigenvalue weighted by Gasteiger charge is -2.24. The van der Waals surface area contributed by atoms with Crippen molar-refractivity contribution in [1.82, 2.24) is 9.88 Å². The fourth-order valence-electron chi connectivity index (χ4n) is 3.45. The maximum atomic E-state index is 6.37. The van der Waals surface area contributed by atoms with E-state index >= 15 is 0 Å². The third-order valence-corrected chi connectivity index (χ3v) is 4.44. The van der Waals surface area contributed by atoms with Gasteiger partial charge in [-0.1, -0.05) is 23.7 Å². The number of aryl methyl sites for hydroxylation is 2. The summed E-state index contributed by atoms with van der Waals surface area (Å²) in [5, 5.41) is 5.53. The maximum Gasteiger partial charge on any atom is 0.0672 e. The molecule has 0 amide bonds. The molecule has 1 aromatic heterocycles. The number of hydrogen-bond acceptors (Lipinski definition) is 1. The molecule has 1 aromatic carbocycles. The van der Waals surface area contributed by atoms with E-state index in [1.807, 2.05) is 13.1 Å². The van der Waals surface area contributed by atoms with Gasteiger partial charge < -0.3 is 9.88 Å². The largest absolute Gasteiger partial charge is 0.346 e. The maximum absolute atomic E-state index is 6.37. The smallest absolute Gasteiger partial charge is 0.0672 e. The molecule has 0 radical (unpaired) electrons. The zero-order valence-corrected chi connectivity index (χ0v) is 11.7. The molecule has 0 aliphatic heterocycles. The van der Waals surface area contributed by atoms with Crippen LogP contribution in [0.2, 0.25) is 5.02 Å². The second kappa shape index (κ2) is 4.60. The number of para-hydroxylation sites is 1. The van der Waals surface area contributed by atoms with E-state index in [1.165, 1.54) is 41.4 Å². The van der Waals surface area contributed by atoms with Crippen LogP contribution in [0.25, 0.3) is 10.9 Å². The molecule has 0 spiro atoms. The fraction of sp³-hybridized carbons (Fsp3) is 0.467. The molecule has 0 saturated heterocycles. The van der Waals surface area contributed by atoms with Gasteiger partial charge in [0.05, 0.1) is 10.5 Å². The molecule has 3 rings (SSSR count). The molecule has 1 aliphatic rings. The van der Waals surface area contributed by atoms with E-state index < -0.39 is 0 Å². The van der Waals surface area contributed by atoms with Crippen molar-refractivity contribution in [1.29, 1.82) is 0 Å². The summed E-state index contributed by atoms with van der Waals surface area (Å²) in [5.74, 6) is 0.618. The number of nitrogens with zero attached hydrogens (tertiary/aromatic N) is 1. The van der Waals surface area contributed by atoms with Crippen LogP contribution in [0.5, 0.6) is 0 Å². The van der Waals surface area contributed by atoms with Crippen molar-refractivity contribution in [2.45, 2.75) is 25.2 Å². The first-order valence-electron chi connectivity index (χ1n) is 6.64. The van der Waals surface area contributed by atoms with Crippen LogP contribution in [0.1, 0.15) is 30.0 Å². The van der Waals surface area contributed by atoms with Gasteiger partial charge in [0, 0.05) is 30.6 Å². The second-order valence-electron chi connectivity index (χ2n) is 5.21. The Morgan fingerprint density at radius 2 is 2.28 bits per heavy atom. The number of benzene rings is 1. The highest BCUT2D eigenvalue weighted by molar-refractivity contribution is 6.35. The van der Waals surface area contributed by atoms with Crippen LogP contribution in [-0.4, -0.2) is 18.2 Å². The van der Waals surface area contributed by atoms with Crippen LogP contribution in [0, 0.1) is 0 Å². The molecule has 1 atom stereocenters. The molecule has 18 heavy (non-hydrogen) atoms. The minimum Gasteiger partial charge on any atom is -0.346 e. The van der Waals surface area contributed by atoms with Crippen molar-refractivity contribution in [2.24, 2.45) is 7.05 Å². The monoisotopic (exact) mass is 262 g/mol. The van der Waals surface area contributed by atoms with Gasteiger partial charge in [0.25, 0.3) is 0 Å². The predicted molar refractivity (Wildman–Crippen MR) is 77.5 cm³/mol. The lowest BCUT2D eigenvalue weighted by atomic mass is 9.86. The molecular weight excluding hydrogens is 244 g/mol. The number of halogens is 1. The average Bonchev–Trinajstić information content (AvgIpc) is 2.66. The highest BCUT2D eigenvalue weighted by Gasteiger charge is 2.26. The van der Waals surface area contributed by atoms with Gasteiger partial charge in [0.2, 0.25) is 0 Å². The van der Waals surface area contributed by atoms with Crippen LogP contribution >= 0.6 is 11.6 Å². The standard InChI is InChI=1S/C15H19ClN2/c1-17-9-10-5-3-6-11-12-7-4-8-13(16)15(12)18(2)14(10)11/h4,7-8,10,17H,3,5-6,9H2,1-2H3. The van der Waals surface area contributed by atoms with Crippen molar-refractivity contribution in [3.8, 4) is 0 Å². The van der Waals surface area contributed by atoms with Gasteiger partial charge in [0.15, 0.2) is 0 Å². The average molecular weight is 263 g/mol. The third-order valence-electron chi connectivity index (χ3n) is 4.13. The predicted octanol–water partition coefficient (Wildman–Crippen LogP) is 3.47. The molecule has 0 saturated carbocycles. The van der Waals surface area contributed by atoms with Gasteiger partial charge in [-0.2, -0.15) is 0 Å². The van der Waals surface area contributed by atoms with E-state index in [9.17, 15) is 0 Å². The summed E-state index contributed by atoms with van der Waals surface area (Å²) in [5.41, 5.74) is 4.20. The third kappa shape index (κ3) is 1.67. The minimum atomic E-state index is 0.618. The summed E-state index contributed by atoms with van der Waals surface area (Å²) in [6.07, 6.45) is 3.74. The normalized spacial score (nSPS) is 19.2. The van der Waals surface area contributed by atoms with Crippen molar-refractivity contribution >= 4 is 22.5 Å². The van der Waals surface area contributed by atoms with E-state index in [2.05, 4.69) is 29.1 Å². The molecule has 3 heteroatoms. The Hall–Kier alpha value is -0.990. The van der Waals surface area contributed by atoms with Crippen LogP contribution in [0.4, 0.5) is 0 Å². The molecule has 1 heterocycles. The molecule has 96 valence electrons. The van der Waals surface area contributed by atoms with E-state index in [0.717, 1.165) is 11.6 Å². The van der Waals surface area contributed by atoms with Crippen molar-refractivity contribution < 1.29 is 0 Å². The van der Waals surface area contributed by atoms with Gasteiger partial charge in [-0.3, -0.25) is 0 Å². The fourth-order valence-corrected chi connectivity index (χ4v) is 3.75. The van der Waals surface area contributed by atoms with Crippen molar-refractivity contribution in [3.05, 3.63) is 34.5 Å². The van der Waals surface area contributed by atoms with E-state index in [0.29, 0.717) is 5.92 Å². The first kappa shape index (κ1) is 12.1. The zero-order valence-electron chi connectivity index (χ0n) is 11.0. The topological polar surface area (TPSA) is 17.0 Å². The number of hydrogen-bond donors (Lipinski definition) is 1. The van der Waals surface area contributed by atoms with E-state index in [1.54, 1.807) is 0 Å². The lowest BCUT2D eigenvalue weighted by Crippen LogP contribution is -2.22. The van der Waals surface area contributed by atoms with Crippen molar-refractivity contribution in [2.75, 3.05) is 13.6 Å². The van der Waals surface area contributed by atoms with E-state index in [-0.39, 0.29) is 0 Å². The van der Waals surface area contributed by atoms with Crippen molar-refractivity contribution in [3.63, 3.8) is 0 Å². The first-order chi connectivity index (χ1) is 8.74. The Kier molecular flexibility index (Phi) is 3.08. The molecule has 2 nitrogen and oxygen atoms in total. The van der Waals surface area contributed by atoms with Gasteiger partial charge in [-0.05, 0) is 37.9 Å². The Labute approximate surface area is 113 Å². The van der Waals surface area contributed by atoms with Crippen LogP contribution in [0.3, 0.4) is 0 Å². The Bertz CT molecular complexity index is 586. The van der Waals surface area contributed by atoms with Crippen LogP contribution in [0.15, 0.2) is 18.2 Å². The second-order valence-corrected chi connectivity index (χ2v) is 5.61. The number of rotatable bonds is 2. The van der Waals surface area contributed by atoms with Gasteiger partial charge in [-0.25, -0.2) is 0 Å². The number of aromatic nitrogens is 1. The van der Waals surface area contributed by atoms with Crippen LogP contribution < -0.4 is 5.32 Å². The highest BCUT2D eigenvalue weighted by atomic mass is 35.5. The summed E-state index contributed by atoms with van der Waals surface area (Å²) in [4.78, 5) is 0. The number of nitrogens with one attached hydrogen (secondary N) is 1. The Morgan fingerprint density at radius 3 is 3.06 bits per heavy atom. The molecular formula is C15H19ClN2. The van der Waals surface area contributed by atoms with Gasteiger partial charge in [0.1, 0.15) is 0 Å². The number of likely N-dealkylation sites (N-methyl/N-ethyl adjacent to an activating group) is 1. The molecule has 1 unspecified atom stereocenters. The quantitative estimate of drug-likeness (QED) is 0.877. The van der Waals surface area contributed by atoms with Gasteiger partial charge >= 0.3 is 0 Å². The SMILES string of the molecule is CNCC1CCCc2c1n(C)c1c(Cl)cccc21. The highest BCUT2D eigenvalue weighted by Crippen LogP contribution is 2.39. The van der Waals surface area contributed by atoms with Gasteiger partial charge in [-0.15, -0.1) is 0 Å². The van der Waals surface area contributed by atoms with Crippen LogP contribution in [-0.2, 0) is 13.5 Å². The number of fused-ring (bicyclic) bond motifs is 3. The zero-order chi connectivity index (χ0) is 12.7. The summed E-state index contributed by atoms with van der Waals surface area (Å²) in [6, 6.07) is 6.26. The molecule has 0 bridgehead atoms. The lowest BCUT2D eigenvalue weighted by molar-refractivity contribution is 0.506. The summed E-state index contributed by atoms with van der Waals surface area (Å²) < 4.78 is 2.31. The summed E-state index contributed by atoms with van der Waals surface area (Å²) >= 11 is 6.37. The molecule has 2 aromatic rings. The Balaban J connectivity index is 2.27. The van der Waals surface area contributed by atoms with E-state index in [4.69, 9.17) is 11.6 Å². The Morgan fingerprint density at radius 1 is 1.44 bits per heavy atom. The molecule has 0 fully saturated rings.